The fourth-order valence-corrected chi connectivity index (χ4v) is 2.47. The van der Waals surface area contributed by atoms with Crippen LogP contribution in [-0.4, -0.2) is 16.1 Å². The first-order valence-electron chi connectivity index (χ1n) is 5.59. The van der Waals surface area contributed by atoms with E-state index in [0.717, 1.165) is 12.8 Å². The first kappa shape index (κ1) is 11.6. The van der Waals surface area contributed by atoms with Crippen LogP contribution in [0.4, 0.5) is 4.39 Å². The SMILES string of the molecule is O=C(O)c1cc(C2CC2)nc2c(F)cc(Br)cc12. The summed E-state index contributed by atoms with van der Waals surface area (Å²) in [6, 6.07) is 4.46. The number of aromatic nitrogens is 1. The Labute approximate surface area is 111 Å². The molecule has 1 saturated carbocycles. The van der Waals surface area contributed by atoms with Crippen LogP contribution in [0.3, 0.4) is 0 Å². The van der Waals surface area contributed by atoms with Gasteiger partial charge in [-0.3, -0.25) is 0 Å². The summed E-state index contributed by atoms with van der Waals surface area (Å²) in [6.07, 6.45) is 1.99. The van der Waals surface area contributed by atoms with Crippen LogP contribution in [0.2, 0.25) is 0 Å². The second-order valence-corrected chi connectivity index (χ2v) is 5.37. The number of aromatic carboxylic acids is 1. The van der Waals surface area contributed by atoms with Crippen molar-refractivity contribution in [2.45, 2.75) is 18.8 Å². The molecule has 1 fully saturated rings. The highest BCUT2D eigenvalue weighted by Gasteiger charge is 2.27. The van der Waals surface area contributed by atoms with Crippen molar-refractivity contribution in [3.63, 3.8) is 0 Å². The predicted molar refractivity (Wildman–Crippen MR) is 68.3 cm³/mol. The Morgan fingerprint density at radius 1 is 1.39 bits per heavy atom. The molecule has 5 heteroatoms. The summed E-state index contributed by atoms with van der Waals surface area (Å²) in [6.45, 7) is 0. The van der Waals surface area contributed by atoms with Gasteiger partial charge in [0.05, 0.1) is 5.56 Å². The Balaban J connectivity index is 2.37. The molecule has 3 rings (SSSR count). The standard InChI is InChI=1S/C13H9BrFNO2/c14-7-3-8-9(13(17)18)5-11(6-1-2-6)16-12(8)10(15)4-7/h3-6H,1-2H2,(H,17,18). The Hall–Kier alpha value is -1.49. The number of carboxylic acid groups (broad SMARTS) is 1. The molecule has 3 nitrogen and oxygen atoms in total. The van der Waals surface area contributed by atoms with E-state index < -0.39 is 11.8 Å². The van der Waals surface area contributed by atoms with E-state index in [1.54, 1.807) is 12.1 Å². The third-order valence-electron chi connectivity index (χ3n) is 3.08. The quantitative estimate of drug-likeness (QED) is 0.920. The van der Waals surface area contributed by atoms with Crippen LogP contribution in [-0.2, 0) is 0 Å². The van der Waals surface area contributed by atoms with Crippen molar-refractivity contribution in [3.8, 4) is 0 Å². The molecule has 2 aromatic rings. The molecule has 1 heterocycles. The number of benzene rings is 1. The minimum Gasteiger partial charge on any atom is -0.478 e. The van der Waals surface area contributed by atoms with Gasteiger partial charge in [-0.25, -0.2) is 14.2 Å². The number of carbonyl (C=O) groups is 1. The van der Waals surface area contributed by atoms with Gasteiger partial charge >= 0.3 is 5.97 Å². The Morgan fingerprint density at radius 2 is 2.11 bits per heavy atom. The maximum Gasteiger partial charge on any atom is 0.336 e. The van der Waals surface area contributed by atoms with Gasteiger partial charge in [-0.05, 0) is 31.0 Å². The maximum atomic E-state index is 13.9. The summed E-state index contributed by atoms with van der Waals surface area (Å²) in [4.78, 5) is 15.5. The minimum atomic E-state index is -1.05. The van der Waals surface area contributed by atoms with Crippen LogP contribution in [0.25, 0.3) is 10.9 Å². The smallest absolute Gasteiger partial charge is 0.336 e. The molecule has 18 heavy (non-hydrogen) atoms. The number of halogens is 2. The monoisotopic (exact) mass is 309 g/mol. The van der Waals surface area contributed by atoms with Crippen molar-refractivity contribution >= 4 is 32.8 Å². The van der Waals surface area contributed by atoms with Gasteiger partial charge in [0.2, 0.25) is 0 Å². The molecule has 0 atom stereocenters. The second-order valence-electron chi connectivity index (χ2n) is 4.46. The van der Waals surface area contributed by atoms with Gasteiger partial charge < -0.3 is 5.11 Å². The van der Waals surface area contributed by atoms with Crippen LogP contribution in [0, 0.1) is 5.82 Å². The molecule has 0 bridgehead atoms. The number of carboxylic acids is 1. The molecule has 0 unspecified atom stereocenters. The lowest BCUT2D eigenvalue weighted by atomic mass is 10.1. The molecule has 0 saturated heterocycles. The van der Waals surface area contributed by atoms with E-state index in [0.29, 0.717) is 15.6 Å². The Kier molecular flexibility index (Phi) is 2.59. The largest absolute Gasteiger partial charge is 0.478 e. The zero-order valence-electron chi connectivity index (χ0n) is 9.28. The van der Waals surface area contributed by atoms with E-state index >= 15 is 0 Å². The summed E-state index contributed by atoms with van der Waals surface area (Å²) in [5, 5.41) is 9.56. The Bertz CT molecular complexity index is 668. The summed E-state index contributed by atoms with van der Waals surface area (Å²) in [7, 11) is 0. The molecule has 1 N–H and O–H groups in total. The fraction of sp³-hybridized carbons (Fsp3) is 0.231. The third kappa shape index (κ3) is 1.88. The first-order valence-corrected chi connectivity index (χ1v) is 6.38. The molecule has 1 aromatic heterocycles. The number of rotatable bonds is 2. The van der Waals surface area contributed by atoms with Crippen LogP contribution in [0.5, 0.6) is 0 Å². The lowest BCUT2D eigenvalue weighted by Crippen LogP contribution is -2.02. The van der Waals surface area contributed by atoms with Gasteiger partial charge in [0.1, 0.15) is 5.52 Å². The van der Waals surface area contributed by atoms with E-state index in [4.69, 9.17) is 0 Å². The van der Waals surface area contributed by atoms with Crippen LogP contribution in [0.15, 0.2) is 22.7 Å². The second kappa shape index (κ2) is 4.02. The molecule has 0 amide bonds. The zero-order chi connectivity index (χ0) is 12.9. The topological polar surface area (TPSA) is 50.2 Å². The van der Waals surface area contributed by atoms with Crippen LogP contribution in [0.1, 0.15) is 34.8 Å². The van der Waals surface area contributed by atoms with Gasteiger partial charge in [0.25, 0.3) is 0 Å². The highest BCUT2D eigenvalue weighted by Crippen LogP contribution is 2.40. The lowest BCUT2D eigenvalue weighted by molar-refractivity contribution is 0.0699. The van der Waals surface area contributed by atoms with E-state index in [1.165, 1.54) is 6.07 Å². The lowest BCUT2D eigenvalue weighted by Gasteiger charge is -2.07. The molecular weight excluding hydrogens is 301 g/mol. The summed E-state index contributed by atoms with van der Waals surface area (Å²) < 4.78 is 14.4. The molecule has 1 aromatic carbocycles. The molecule has 92 valence electrons. The van der Waals surface area contributed by atoms with Gasteiger partial charge in [-0.2, -0.15) is 0 Å². The number of hydrogen-bond acceptors (Lipinski definition) is 2. The number of hydrogen-bond donors (Lipinski definition) is 1. The van der Waals surface area contributed by atoms with E-state index in [9.17, 15) is 14.3 Å². The van der Waals surface area contributed by atoms with Crippen molar-refractivity contribution in [1.82, 2.24) is 4.98 Å². The zero-order valence-corrected chi connectivity index (χ0v) is 10.9. The maximum absolute atomic E-state index is 13.9. The van der Waals surface area contributed by atoms with Gasteiger partial charge in [0.15, 0.2) is 5.82 Å². The van der Waals surface area contributed by atoms with E-state index in [-0.39, 0.29) is 17.0 Å². The average Bonchev–Trinajstić information content (AvgIpc) is 3.11. The third-order valence-corrected chi connectivity index (χ3v) is 3.54. The van der Waals surface area contributed by atoms with Crippen LogP contribution < -0.4 is 0 Å². The van der Waals surface area contributed by atoms with E-state index in [1.807, 2.05) is 0 Å². The van der Waals surface area contributed by atoms with Gasteiger partial charge in [0, 0.05) is 21.5 Å². The number of fused-ring (bicyclic) bond motifs is 1. The van der Waals surface area contributed by atoms with Crippen molar-refractivity contribution in [2.75, 3.05) is 0 Å². The summed E-state index contributed by atoms with van der Waals surface area (Å²) in [5.74, 6) is -1.26. The van der Waals surface area contributed by atoms with E-state index in [2.05, 4.69) is 20.9 Å². The summed E-state index contributed by atoms with van der Waals surface area (Å²) >= 11 is 3.17. The summed E-state index contributed by atoms with van der Waals surface area (Å²) in [5.41, 5.74) is 0.934. The van der Waals surface area contributed by atoms with Crippen molar-refractivity contribution in [2.24, 2.45) is 0 Å². The van der Waals surface area contributed by atoms with Crippen molar-refractivity contribution in [3.05, 3.63) is 39.7 Å². The highest BCUT2D eigenvalue weighted by atomic mass is 79.9. The van der Waals surface area contributed by atoms with Crippen molar-refractivity contribution < 1.29 is 14.3 Å². The normalized spacial score (nSPS) is 15.0. The fourth-order valence-electron chi connectivity index (χ4n) is 2.04. The highest BCUT2D eigenvalue weighted by molar-refractivity contribution is 9.10. The Morgan fingerprint density at radius 3 is 2.72 bits per heavy atom. The number of pyridine rings is 1. The molecule has 1 aliphatic rings. The van der Waals surface area contributed by atoms with Crippen LogP contribution >= 0.6 is 15.9 Å². The predicted octanol–water partition coefficient (Wildman–Crippen LogP) is 3.71. The van der Waals surface area contributed by atoms with Gasteiger partial charge in [-0.15, -0.1) is 0 Å². The molecule has 0 aliphatic heterocycles. The average molecular weight is 310 g/mol. The first-order chi connectivity index (χ1) is 8.56. The minimum absolute atomic E-state index is 0.113. The van der Waals surface area contributed by atoms with Crippen molar-refractivity contribution in [1.29, 1.82) is 0 Å². The van der Waals surface area contributed by atoms with Gasteiger partial charge in [-0.1, -0.05) is 15.9 Å². The molecular formula is C13H9BrFNO2. The number of nitrogens with zero attached hydrogens (tertiary/aromatic N) is 1. The molecule has 0 spiro atoms. The molecule has 1 aliphatic carbocycles. The molecule has 0 radical (unpaired) electrons.